The summed E-state index contributed by atoms with van der Waals surface area (Å²) in [6.45, 7) is 5.20. The van der Waals surface area contributed by atoms with E-state index < -0.39 is 0 Å². The number of hydrogen-bond donors (Lipinski definition) is 1. The first-order chi connectivity index (χ1) is 12.5. The summed E-state index contributed by atoms with van der Waals surface area (Å²) in [5, 5.41) is 2.90. The number of nitrogens with one attached hydrogen (secondary N) is 1. The van der Waals surface area contributed by atoms with Crippen LogP contribution in [0.3, 0.4) is 0 Å². The van der Waals surface area contributed by atoms with Crippen LogP contribution in [-0.4, -0.2) is 44.8 Å². The van der Waals surface area contributed by atoms with Crippen LogP contribution in [0.1, 0.15) is 29.3 Å². The van der Waals surface area contributed by atoms with Crippen LogP contribution < -0.4 is 5.32 Å². The SMILES string of the molecule is Cc1cc(C)nc(CCNC(=O)[C@@H]2CC(=O)N(Cc3ccccn3)C2)n1. The van der Waals surface area contributed by atoms with E-state index in [2.05, 4.69) is 20.3 Å². The second kappa shape index (κ2) is 8.03. The average molecular weight is 353 g/mol. The lowest BCUT2D eigenvalue weighted by Crippen LogP contribution is -2.34. The molecule has 0 saturated carbocycles. The maximum Gasteiger partial charge on any atom is 0.225 e. The molecule has 0 spiro atoms. The Hall–Kier alpha value is -2.83. The number of likely N-dealkylation sites (tertiary alicyclic amines) is 1. The van der Waals surface area contributed by atoms with Crippen LogP contribution in [-0.2, 0) is 22.6 Å². The monoisotopic (exact) mass is 353 g/mol. The predicted molar refractivity (Wildman–Crippen MR) is 96.0 cm³/mol. The predicted octanol–water partition coefficient (Wildman–Crippen LogP) is 1.20. The fourth-order valence-electron chi connectivity index (χ4n) is 3.14. The van der Waals surface area contributed by atoms with Crippen molar-refractivity contribution in [1.29, 1.82) is 0 Å². The summed E-state index contributed by atoms with van der Waals surface area (Å²) in [7, 11) is 0. The van der Waals surface area contributed by atoms with Crippen molar-refractivity contribution in [3.8, 4) is 0 Å². The minimum atomic E-state index is -0.314. The van der Waals surface area contributed by atoms with E-state index in [4.69, 9.17) is 0 Å². The van der Waals surface area contributed by atoms with Crippen LogP contribution in [0.15, 0.2) is 30.5 Å². The lowest BCUT2D eigenvalue weighted by molar-refractivity contribution is -0.129. The van der Waals surface area contributed by atoms with Crippen LogP contribution in [0.4, 0.5) is 0 Å². The number of pyridine rings is 1. The van der Waals surface area contributed by atoms with Crippen molar-refractivity contribution < 1.29 is 9.59 Å². The van der Waals surface area contributed by atoms with E-state index in [-0.39, 0.29) is 24.2 Å². The number of amides is 2. The maximum absolute atomic E-state index is 12.4. The van der Waals surface area contributed by atoms with Crippen molar-refractivity contribution in [3.63, 3.8) is 0 Å². The first kappa shape index (κ1) is 18.0. The Morgan fingerprint density at radius 1 is 1.27 bits per heavy atom. The van der Waals surface area contributed by atoms with Gasteiger partial charge in [0.1, 0.15) is 5.82 Å². The highest BCUT2D eigenvalue weighted by atomic mass is 16.2. The highest BCUT2D eigenvalue weighted by Crippen LogP contribution is 2.19. The average Bonchev–Trinajstić information content (AvgIpc) is 2.96. The molecule has 136 valence electrons. The molecule has 1 atom stereocenters. The zero-order valence-electron chi connectivity index (χ0n) is 15.1. The Balaban J connectivity index is 1.48. The van der Waals surface area contributed by atoms with Crippen molar-refractivity contribution in [2.24, 2.45) is 5.92 Å². The molecular formula is C19H23N5O2. The van der Waals surface area contributed by atoms with Gasteiger partial charge in [0.25, 0.3) is 0 Å². The molecule has 1 fully saturated rings. The van der Waals surface area contributed by atoms with Gasteiger partial charge in [-0.3, -0.25) is 14.6 Å². The van der Waals surface area contributed by atoms with Gasteiger partial charge in [-0.25, -0.2) is 9.97 Å². The van der Waals surface area contributed by atoms with Gasteiger partial charge in [0.15, 0.2) is 0 Å². The van der Waals surface area contributed by atoms with Crippen LogP contribution in [0.25, 0.3) is 0 Å². The van der Waals surface area contributed by atoms with Gasteiger partial charge >= 0.3 is 0 Å². The van der Waals surface area contributed by atoms with Crippen LogP contribution >= 0.6 is 0 Å². The number of rotatable bonds is 6. The Morgan fingerprint density at radius 3 is 2.73 bits per heavy atom. The molecule has 1 aliphatic rings. The molecule has 2 aromatic heterocycles. The third-order valence-corrected chi connectivity index (χ3v) is 4.34. The largest absolute Gasteiger partial charge is 0.355 e. The number of hydrogen-bond acceptors (Lipinski definition) is 5. The third-order valence-electron chi connectivity index (χ3n) is 4.34. The zero-order chi connectivity index (χ0) is 18.5. The normalized spacial score (nSPS) is 16.8. The fraction of sp³-hybridized carbons (Fsp3) is 0.421. The van der Waals surface area contributed by atoms with Crippen molar-refractivity contribution in [1.82, 2.24) is 25.2 Å². The van der Waals surface area contributed by atoms with Crippen molar-refractivity contribution in [2.75, 3.05) is 13.1 Å². The molecule has 26 heavy (non-hydrogen) atoms. The standard InChI is InChI=1S/C19H23N5O2/c1-13-9-14(2)23-17(22-13)6-8-21-19(26)15-10-18(25)24(11-15)12-16-5-3-4-7-20-16/h3-5,7,9,15H,6,8,10-12H2,1-2H3,(H,21,26)/t15-/m1/s1. The molecule has 2 amide bonds. The molecule has 0 unspecified atom stereocenters. The Bertz CT molecular complexity index is 774. The lowest BCUT2D eigenvalue weighted by Gasteiger charge is -2.16. The third kappa shape index (κ3) is 4.62. The highest BCUT2D eigenvalue weighted by Gasteiger charge is 2.34. The Labute approximate surface area is 152 Å². The first-order valence-electron chi connectivity index (χ1n) is 8.78. The Morgan fingerprint density at radius 2 is 2.04 bits per heavy atom. The van der Waals surface area contributed by atoms with Gasteiger partial charge in [0.2, 0.25) is 11.8 Å². The molecule has 0 aliphatic carbocycles. The van der Waals surface area contributed by atoms with Crippen molar-refractivity contribution in [3.05, 3.63) is 53.4 Å². The molecule has 0 radical (unpaired) electrons. The summed E-state index contributed by atoms with van der Waals surface area (Å²) in [5.41, 5.74) is 2.67. The Kier molecular flexibility index (Phi) is 5.55. The van der Waals surface area contributed by atoms with Crippen LogP contribution in [0, 0.1) is 19.8 Å². The maximum atomic E-state index is 12.4. The van der Waals surface area contributed by atoms with Gasteiger partial charge in [0.05, 0.1) is 18.2 Å². The fourth-order valence-corrected chi connectivity index (χ4v) is 3.14. The number of aryl methyl sites for hydroxylation is 2. The number of nitrogens with zero attached hydrogens (tertiary/aromatic N) is 4. The van der Waals surface area contributed by atoms with Gasteiger partial charge in [-0.1, -0.05) is 6.07 Å². The van der Waals surface area contributed by atoms with Crippen molar-refractivity contribution >= 4 is 11.8 Å². The molecule has 3 rings (SSSR count). The van der Waals surface area contributed by atoms with Crippen molar-refractivity contribution in [2.45, 2.75) is 33.2 Å². The first-order valence-corrected chi connectivity index (χ1v) is 8.78. The van der Waals surface area contributed by atoms with Crippen LogP contribution in [0.5, 0.6) is 0 Å². The molecule has 1 N–H and O–H groups in total. The van der Waals surface area contributed by atoms with E-state index in [9.17, 15) is 9.59 Å². The van der Waals surface area contributed by atoms with E-state index in [1.165, 1.54) is 0 Å². The quantitative estimate of drug-likeness (QED) is 0.843. The number of aromatic nitrogens is 3. The summed E-state index contributed by atoms with van der Waals surface area (Å²) in [6.07, 6.45) is 2.53. The molecule has 3 heterocycles. The molecule has 1 saturated heterocycles. The summed E-state index contributed by atoms with van der Waals surface area (Å²) < 4.78 is 0. The molecule has 2 aromatic rings. The summed E-state index contributed by atoms with van der Waals surface area (Å²) in [4.78, 5) is 39.2. The van der Waals surface area contributed by atoms with Gasteiger partial charge in [-0.05, 0) is 32.0 Å². The second-order valence-electron chi connectivity index (χ2n) is 6.60. The highest BCUT2D eigenvalue weighted by molar-refractivity contribution is 5.89. The number of carbonyl (C=O) groups excluding carboxylic acids is 2. The molecule has 1 aliphatic heterocycles. The van der Waals surface area contributed by atoms with Gasteiger partial charge in [0, 0.05) is 43.5 Å². The second-order valence-corrected chi connectivity index (χ2v) is 6.60. The number of carbonyl (C=O) groups is 2. The minimum absolute atomic E-state index is 0.00607. The van der Waals surface area contributed by atoms with Crippen LogP contribution in [0.2, 0.25) is 0 Å². The zero-order valence-corrected chi connectivity index (χ0v) is 15.1. The molecule has 0 aromatic carbocycles. The summed E-state index contributed by atoms with van der Waals surface area (Å²) >= 11 is 0. The lowest BCUT2D eigenvalue weighted by atomic mass is 10.1. The smallest absolute Gasteiger partial charge is 0.225 e. The molecular weight excluding hydrogens is 330 g/mol. The van der Waals surface area contributed by atoms with Gasteiger partial charge in [-0.15, -0.1) is 0 Å². The summed E-state index contributed by atoms with van der Waals surface area (Å²) in [5.74, 6) is 0.313. The van der Waals surface area contributed by atoms with Gasteiger partial charge in [-0.2, -0.15) is 0 Å². The van der Waals surface area contributed by atoms with Gasteiger partial charge < -0.3 is 10.2 Å². The van der Waals surface area contributed by atoms with E-state index in [0.717, 1.165) is 22.9 Å². The van der Waals surface area contributed by atoms with E-state index >= 15 is 0 Å². The van der Waals surface area contributed by atoms with E-state index in [1.54, 1.807) is 11.1 Å². The molecule has 0 bridgehead atoms. The minimum Gasteiger partial charge on any atom is -0.355 e. The van der Waals surface area contributed by atoms with E-state index in [1.807, 2.05) is 38.1 Å². The van der Waals surface area contributed by atoms with E-state index in [0.29, 0.717) is 26.1 Å². The summed E-state index contributed by atoms with van der Waals surface area (Å²) in [6, 6.07) is 7.53. The molecule has 7 heteroatoms. The molecule has 7 nitrogen and oxygen atoms in total. The topological polar surface area (TPSA) is 88.1 Å².